The van der Waals surface area contributed by atoms with Crippen molar-refractivity contribution in [1.82, 2.24) is 14.5 Å². The van der Waals surface area contributed by atoms with Crippen LogP contribution >= 0.6 is 23.1 Å². The molecule has 158 valence electrons. The highest BCUT2D eigenvalue weighted by Gasteiger charge is 2.32. The van der Waals surface area contributed by atoms with E-state index in [4.69, 9.17) is 4.74 Å². The maximum Gasteiger partial charge on any atom is 0.323 e. The average molecular weight is 444 g/mol. The number of benzene rings is 1. The maximum atomic E-state index is 13.0. The summed E-state index contributed by atoms with van der Waals surface area (Å²) in [7, 11) is 0. The number of nitrogens with zero attached hydrogens (tertiary/aromatic N) is 3. The Labute approximate surface area is 184 Å². The molecule has 8 heteroatoms. The van der Waals surface area contributed by atoms with E-state index in [0.717, 1.165) is 11.4 Å². The molecule has 0 aliphatic heterocycles. The molecule has 2 aromatic heterocycles. The van der Waals surface area contributed by atoms with Crippen molar-refractivity contribution in [2.45, 2.75) is 44.7 Å². The fourth-order valence-electron chi connectivity index (χ4n) is 3.09. The summed E-state index contributed by atoms with van der Waals surface area (Å²) in [6.45, 7) is 8.07. The second kappa shape index (κ2) is 10.0. The third-order valence-corrected chi connectivity index (χ3v) is 6.51. The lowest BCUT2D eigenvalue weighted by Crippen LogP contribution is -2.25. The van der Waals surface area contributed by atoms with E-state index in [2.05, 4.69) is 29.9 Å². The van der Waals surface area contributed by atoms with Gasteiger partial charge >= 0.3 is 5.97 Å². The van der Waals surface area contributed by atoms with Gasteiger partial charge in [-0.2, -0.15) is 0 Å². The number of para-hydroxylation sites is 1. The smallest absolute Gasteiger partial charge is 0.323 e. The lowest BCUT2D eigenvalue weighted by Gasteiger charge is -2.16. The number of esters is 1. The van der Waals surface area contributed by atoms with Crippen molar-refractivity contribution < 1.29 is 14.3 Å². The first-order chi connectivity index (χ1) is 14.4. The van der Waals surface area contributed by atoms with Crippen LogP contribution in [0.3, 0.4) is 0 Å². The van der Waals surface area contributed by atoms with Crippen molar-refractivity contribution in [3.63, 3.8) is 0 Å². The van der Waals surface area contributed by atoms with Crippen LogP contribution < -0.4 is 0 Å². The Morgan fingerprint density at radius 1 is 1.27 bits per heavy atom. The van der Waals surface area contributed by atoms with Crippen LogP contribution in [-0.4, -0.2) is 38.6 Å². The topological polar surface area (TPSA) is 74.1 Å². The third kappa shape index (κ3) is 4.99. The highest BCUT2D eigenvalue weighted by Crippen LogP contribution is 2.29. The molecular formula is C22H25N3O3S2. The number of hydrogen-bond donors (Lipinski definition) is 0. The SMILES string of the molecule is CCOC(=O)[C@@H](C(=O)CSc1nccn1-c1ccccc1C(C)C)c1nc(C)cs1. The summed E-state index contributed by atoms with van der Waals surface area (Å²) in [5.74, 6) is -1.33. The standard InChI is InChI=1S/C22H25N3O3S2/c1-5-28-21(27)19(20-24-15(4)12-29-20)18(26)13-30-22-23-10-11-25(22)17-9-7-6-8-16(17)14(2)3/h6-12,14,19H,5,13H2,1-4H3/t19-/m0/s1. The molecule has 3 rings (SSSR count). The molecule has 0 aliphatic rings. The van der Waals surface area contributed by atoms with Crippen LogP contribution in [0.15, 0.2) is 47.2 Å². The van der Waals surface area contributed by atoms with Gasteiger partial charge in [0.15, 0.2) is 16.9 Å². The molecule has 0 fully saturated rings. The van der Waals surface area contributed by atoms with Gasteiger partial charge in [0, 0.05) is 23.5 Å². The third-order valence-electron chi connectivity index (χ3n) is 4.50. The van der Waals surface area contributed by atoms with Gasteiger partial charge in [0.25, 0.3) is 0 Å². The Morgan fingerprint density at radius 3 is 2.70 bits per heavy atom. The molecule has 0 bridgehead atoms. The van der Waals surface area contributed by atoms with Crippen molar-refractivity contribution in [3.8, 4) is 5.69 Å². The van der Waals surface area contributed by atoms with Crippen LogP contribution in [0.5, 0.6) is 0 Å². The van der Waals surface area contributed by atoms with Crippen LogP contribution in [0.25, 0.3) is 5.69 Å². The summed E-state index contributed by atoms with van der Waals surface area (Å²) in [5, 5.41) is 3.01. The normalized spacial score (nSPS) is 12.2. The summed E-state index contributed by atoms with van der Waals surface area (Å²) in [4.78, 5) is 34.2. The number of carbonyl (C=O) groups excluding carboxylic acids is 2. The monoisotopic (exact) mass is 443 g/mol. The second-order valence-electron chi connectivity index (χ2n) is 7.06. The highest BCUT2D eigenvalue weighted by molar-refractivity contribution is 7.99. The molecule has 6 nitrogen and oxygen atoms in total. The Kier molecular flexibility index (Phi) is 7.44. The molecule has 30 heavy (non-hydrogen) atoms. The Hall–Kier alpha value is -2.45. The zero-order valence-corrected chi connectivity index (χ0v) is 19.1. The van der Waals surface area contributed by atoms with Gasteiger partial charge in [-0.3, -0.25) is 14.2 Å². The minimum Gasteiger partial charge on any atom is -0.465 e. The van der Waals surface area contributed by atoms with Crippen LogP contribution in [0.2, 0.25) is 0 Å². The van der Waals surface area contributed by atoms with Gasteiger partial charge in [0.05, 0.1) is 18.0 Å². The van der Waals surface area contributed by atoms with Gasteiger partial charge in [0.1, 0.15) is 5.01 Å². The molecule has 0 N–H and O–H groups in total. The second-order valence-corrected chi connectivity index (χ2v) is 8.89. The molecule has 3 aromatic rings. The van der Waals surface area contributed by atoms with E-state index in [1.165, 1.54) is 28.7 Å². The van der Waals surface area contributed by atoms with Gasteiger partial charge in [0.2, 0.25) is 0 Å². The lowest BCUT2D eigenvalue weighted by molar-refractivity contribution is -0.147. The van der Waals surface area contributed by atoms with E-state index < -0.39 is 11.9 Å². The number of hydrogen-bond acceptors (Lipinski definition) is 7. The van der Waals surface area contributed by atoms with Crippen LogP contribution in [0.4, 0.5) is 0 Å². The Morgan fingerprint density at radius 2 is 2.03 bits per heavy atom. The van der Waals surface area contributed by atoms with Gasteiger partial charge in [-0.15, -0.1) is 11.3 Å². The predicted molar refractivity (Wildman–Crippen MR) is 120 cm³/mol. The number of imidazole rings is 1. The van der Waals surface area contributed by atoms with E-state index in [0.29, 0.717) is 16.1 Å². The number of ether oxygens (including phenoxy) is 1. The zero-order valence-electron chi connectivity index (χ0n) is 17.5. The highest BCUT2D eigenvalue weighted by atomic mass is 32.2. The first kappa shape index (κ1) is 22.2. The molecule has 1 atom stereocenters. The van der Waals surface area contributed by atoms with Crippen molar-refractivity contribution in [1.29, 1.82) is 0 Å². The number of thioether (sulfide) groups is 1. The maximum absolute atomic E-state index is 13.0. The quantitative estimate of drug-likeness (QED) is 0.269. The number of aromatic nitrogens is 3. The molecular weight excluding hydrogens is 418 g/mol. The number of ketones is 1. The molecule has 0 aliphatic carbocycles. The summed E-state index contributed by atoms with van der Waals surface area (Å²) in [5.41, 5.74) is 3.02. The van der Waals surface area contributed by atoms with Crippen LogP contribution in [0.1, 0.15) is 48.9 Å². The number of aryl methyl sites for hydroxylation is 1. The molecule has 0 unspecified atom stereocenters. The van der Waals surface area contributed by atoms with Gasteiger partial charge in [-0.05, 0) is 31.4 Å². The summed E-state index contributed by atoms with van der Waals surface area (Å²) < 4.78 is 7.12. The van der Waals surface area contributed by atoms with E-state index in [1.807, 2.05) is 41.3 Å². The van der Waals surface area contributed by atoms with E-state index >= 15 is 0 Å². The number of thiazole rings is 1. The molecule has 0 amide bonds. The number of Topliss-reactive ketones (excluding diaryl/α,β-unsaturated/α-hetero) is 1. The largest absolute Gasteiger partial charge is 0.465 e. The molecule has 0 radical (unpaired) electrons. The molecule has 0 saturated heterocycles. The van der Waals surface area contributed by atoms with Gasteiger partial charge in [-0.25, -0.2) is 9.97 Å². The average Bonchev–Trinajstić information content (AvgIpc) is 3.35. The van der Waals surface area contributed by atoms with Crippen molar-refractivity contribution >= 4 is 34.9 Å². The predicted octanol–water partition coefficient (Wildman–Crippen LogP) is 4.77. The molecule has 1 aromatic carbocycles. The number of rotatable bonds is 9. The van der Waals surface area contributed by atoms with Crippen molar-refractivity contribution in [3.05, 3.63) is 58.3 Å². The van der Waals surface area contributed by atoms with Crippen molar-refractivity contribution in [2.75, 3.05) is 12.4 Å². The Bertz CT molecular complexity index is 1030. The van der Waals surface area contributed by atoms with Crippen molar-refractivity contribution in [2.24, 2.45) is 0 Å². The Balaban J connectivity index is 1.81. The summed E-state index contributed by atoms with van der Waals surface area (Å²) >= 11 is 2.62. The van der Waals surface area contributed by atoms with Crippen LogP contribution in [-0.2, 0) is 14.3 Å². The van der Waals surface area contributed by atoms with E-state index in [-0.39, 0.29) is 18.1 Å². The summed E-state index contributed by atoms with van der Waals surface area (Å²) in [6.07, 6.45) is 3.61. The number of carbonyl (C=O) groups is 2. The first-order valence-electron chi connectivity index (χ1n) is 9.79. The van der Waals surface area contributed by atoms with E-state index in [1.54, 1.807) is 13.1 Å². The molecule has 0 saturated carbocycles. The minimum atomic E-state index is -0.998. The van der Waals surface area contributed by atoms with Crippen LogP contribution in [0, 0.1) is 6.92 Å². The van der Waals surface area contributed by atoms with Gasteiger partial charge < -0.3 is 4.74 Å². The zero-order chi connectivity index (χ0) is 21.7. The lowest BCUT2D eigenvalue weighted by atomic mass is 10.0. The fourth-order valence-corrected chi connectivity index (χ4v) is 4.87. The summed E-state index contributed by atoms with van der Waals surface area (Å²) in [6, 6.07) is 8.15. The minimum absolute atomic E-state index is 0.100. The first-order valence-corrected chi connectivity index (χ1v) is 11.7. The van der Waals surface area contributed by atoms with Gasteiger partial charge in [-0.1, -0.05) is 43.8 Å². The van der Waals surface area contributed by atoms with E-state index in [9.17, 15) is 9.59 Å². The molecule has 2 heterocycles. The molecule has 0 spiro atoms. The fraction of sp³-hybridized carbons (Fsp3) is 0.364.